The normalized spacial score (nSPS) is 13.2. The molecule has 180 valence electrons. The number of halogens is 1. The fourth-order valence-electron chi connectivity index (χ4n) is 3.26. The second kappa shape index (κ2) is 10.7. The Labute approximate surface area is 203 Å². The summed E-state index contributed by atoms with van der Waals surface area (Å²) < 4.78 is 10.3. The summed E-state index contributed by atoms with van der Waals surface area (Å²) in [4.78, 5) is 25.5. The number of rotatable bonds is 8. The second-order valence-corrected chi connectivity index (χ2v) is 9.36. The van der Waals surface area contributed by atoms with Crippen molar-refractivity contribution in [2.75, 3.05) is 5.32 Å². The van der Waals surface area contributed by atoms with Crippen LogP contribution in [0.25, 0.3) is 11.1 Å². The number of carbonyl (C=O) groups is 2. The van der Waals surface area contributed by atoms with Gasteiger partial charge < -0.3 is 14.4 Å². The topological polar surface area (TPSA) is 114 Å². The molecule has 1 amide bonds. The van der Waals surface area contributed by atoms with Crippen LogP contribution in [0.4, 0.5) is 5.88 Å². The van der Waals surface area contributed by atoms with Gasteiger partial charge in [0.1, 0.15) is 11.6 Å². The van der Waals surface area contributed by atoms with Crippen LogP contribution in [0, 0.1) is 0 Å². The van der Waals surface area contributed by atoms with Crippen molar-refractivity contribution in [2.45, 2.75) is 51.8 Å². The molecule has 0 saturated heterocycles. The number of esters is 1. The van der Waals surface area contributed by atoms with E-state index in [1.54, 1.807) is 27.7 Å². The molecule has 3 N–H and O–H groups in total. The van der Waals surface area contributed by atoms with Crippen LogP contribution in [0.15, 0.2) is 59.1 Å². The molecule has 3 aromatic rings. The van der Waals surface area contributed by atoms with Crippen molar-refractivity contribution in [1.82, 2.24) is 10.5 Å². The molecule has 0 aliphatic heterocycles. The van der Waals surface area contributed by atoms with Gasteiger partial charge in [0.2, 0.25) is 11.8 Å². The zero-order valence-corrected chi connectivity index (χ0v) is 20.2. The third-order valence-electron chi connectivity index (χ3n) is 4.82. The van der Waals surface area contributed by atoms with Crippen LogP contribution in [-0.2, 0) is 20.7 Å². The number of aromatic hydroxyl groups is 1. The molecule has 0 aliphatic rings. The number of carbonyl (C=O) groups excluding carboxylic acids is 2. The van der Waals surface area contributed by atoms with E-state index in [0.29, 0.717) is 5.02 Å². The van der Waals surface area contributed by atoms with Gasteiger partial charge in [-0.25, -0.2) is 0 Å². The maximum absolute atomic E-state index is 13.0. The van der Waals surface area contributed by atoms with E-state index in [1.807, 2.05) is 48.5 Å². The van der Waals surface area contributed by atoms with Crippen molar-refractivity contribution < 1.29 is 24.0 Å². The largest absolute Gasteiger partial charge is 0.491 e. The second-order valence-electron chi connectivity index (χ2n) is 8.92. The molecule has 2 aromatic carbocycles. The molecule has 0 fully saturated rings. The van der Waals surface area contributed by atoms with E-state index in [4.69, 9.17) is 20.9 Å². The number of benzene rings is 2. The van der Waals surface area contributed by atoms with Crippen molar-refractivity contribution in [3.63, 3.8) is 0 Å². The van der Waals surface area contributed by atoms with Gasteiger partial charge in [-0.05, 0) is 68.1 Å². The summed E-state index contributed by atoms with van der Waals surface area (Å²) in [5.74, 6) is -1.28. The first-order chi connectivity index (χ1) is 16.0. The molecule has 3 rings (SSSR count). The molecule has 2 atom stereocenters. The summed E-state index contributed by atoms with van der Waals surface area (Å²) in [7, 11) is 0. The summed E-state index contributed by atoms with van der Waals surface area (Å²) in [5, 5.41) is 19.0. The highest BCUT2D eigenvalue weighted by Gasteiger charge is 2.28. The number of nitrogens with one attached hydrogen (secondary N) is 2. The number of amides is 1. The molecule has 9 heteroatoms. The lowest BCUT2D eigenvalue weighted by Crippen LogP contribution is -2.50. The number of hydrogen-bond donors (Lipinski definition) is 3. The van der Waals surface area contributed by atoms with Crippen molar-refractivity contribution in [1.29, 1.82) is 0 Å². The fourth-order valence-corrected chi connectivity index (χ4v) is 3.45. The highest BCUT2D eigenvalue weighted by atomic mass is 35.5. The first-order valence-electron chi connectivity index (χ1n) is 10.8. The van der Waals surface area contributed by atoms with E-state index < -0.39 is 29.6 Å². The van der Waals surface area contributed by atoms with Crippen molar-refractivity contribution in [2.24, 2.45) is 0 Å². The van der Waals surface area contributed by atoms with Crippen LogP contribution in [0.3, 0.4) is 0 Å². The van der Waals surface area contributed by atoms with Crippen LogP contribution >= 0.6 is 11.6 Å². The summed E-state index contributed by atoms with van der Waals surface area (Å²) in [6.45, 7) is 6.97. The maximum atomic E-state index is 13.0. The predicted octanol–water partition coefficient (Wildman–Crippen LogP) is 4.57. The van der Waals surface area contributed by atoms with Crippen molar-refractivity contribution in [3.05, 3.63) is 65.2 Å². The molecular weight excluding hydrogens is 458 g/mol. The van der Waals surface area contributed by atoms with E-state index in [1.165, 1.54) is 6.07 Å². The molecule has 0 spiro atoms. The van der Waals surface area contributed by atoms with Gasteiger partial charge in [0.05, 0.1) is 12.1 Å². The van der Waals surface area contributed by atoms with Crippen LogP contribution < -0.4 is 10.6 Å². The molecule has 0 saturated carbocycles. The summed E-state index contributed by atoms with van der Waals surface area (Å²) in [6, 6.07) is 14.9. The molecule has 0 aliphatic carbocycles. The highest BCUT2D eigenvalue weighted by molar-refractivity contribution is 6.30. The Balaban J connectivity index is 1.76. The number of aromatic nitrogens is 1. The van der Waals surface area contributed by atoms with Crippen molar-refractivity contribution in [3.8, 4) is 17.0 Å². The van der Waals surface area contributed by atoms with E-state index in [2.05, 4.69) is 15.8 Å². The predicted molar refractivity (Wildman–Crippen MR) is 130 cm³/mol. The Bertz CT molecular complexity index is 1140. The minimum Gasteiger partial charge on any atom is -0.491 e. The minimum atomic E-state index is -0.799. The van der Waals surface area contributed by atoms with Gasteiger partial charge in [-0.15, -0.1) is 0 Å². The number of anilines is 1. The minimum absolute atomic E-state index is 0.00414. The summed E-state index contributed by atoms with van der Waals surface area (Å²) >= 11 is 6.09. The van der Waals surface area contributed by atoms with E-state index >= 15 is 0 Å². The fraction of sp³-hybridized carbons (Fsp3) is 0.320. The molecule has 34 heavy (non-hydrogen) atoms. The molecule has 0 bridgehead atoms. The third-order valence-corrected chi connectivity index (χ3v) is 5.06. The Hall–Kier alpha value is -3.36. The van der Waals surface area contributed by atoms with Crippen LogP contribution in [0.5, 0.6) is 5.88 Å². The first-order valence-corrected chi connectivity index (χ1v) is 11.2. The monoisotopic (exact) mass is 485 g/mol. The lowest BCUT2D eigenvalue weighted by molar-refractivity contribution is -0.157. The highest BCUT2D eigenvalue weighted by Crippen LogP contribution is 2.23. The first kappa shape index (κ1) is 25.3. The zero-order chi connectivity index (χ0) is 24.9. The van der Waals surface area contributed by atoms with Gasteiger partial charge in [-0.1, -0.05) is 48.0 Å². The number of hydrogen-bond acceptors (Lipinski definition) is 7. The molecule has 8 nitrogen and oxygen atoms in total. The Morgan fingerprint density at radius 2 is 1.82 bits per heavy atom. The lowest BCUT2D eigenvalue weighted by Gasteiger charge is -2.25. The van der Waals surface area contributed by atoms with Gasteiger partial charge in [0, 0.05) is 5.02 Å². The average Bonchev–Trinajstić information content (AvgIpc) is 3.17. The van der Waals surface area contributed by atoms with Gasteiger partial charge in [-0.3, -0.25) is 20.2 Å². The third kappa shape index (κ3) is 7.33. The van der Waals surface area contributed by atoms with Crippen LogP contribution in [0.1, 0.15) is 33.3 Å². The summed E-state index contributed by atoms with van der Waals surface area (Å²) in [5.41, 5.74) is 2.18. The summed E-state index contributed by atoms with van der Waals surface area (Å²) in [6.07, 6.45) is 0.287. The van der Waals surface area contributed by atoms with Crippen LogP contribution in [-0.4, -0.2) is 39.8 Å². The molecule has 0 unspecified atom stereocenters. The Morgan fingerprint density at radius 1 is 1.12 bits per heavy atom. The smallest absolute Gasteiger partial charge is 0.323 e. The van der Waals surface area contributed by atoms with E-state index in [9.17, 15) is 14.7 Å². The maximum Gasteiger partial charge on any atom is 0.323 e. The molecule has 1 aromatic heterocycles. The Morgan fingerprint density at radius 3 is 2.41 bits per heavy atom. The van der Waals surface area contributed by atoms with E-state index in [-0.39, 0.29) is 18.2 Å². The van der Waals surface area contributed by atoms with E-state index in [0.717, 1.165) is 16.7 Å². The quantitative estimate of drug-likeness (QED) is 0.400. The van der Waals surface area contributed by atoms with Gasteiger partial charge in [-0.2, -0.15) is 0 Å². The number of nitrogens with zero attached hydrogens (tertiary/aromatic N) is 1. The van der Waals surface area contributed by atoms with Gasteiger partial charge >= 0.3 is 5.97 Å². The van der Waals surface area contributed by atoms with Crippen molar-refractivity contribution >= 4 is 29.4 Å². The lowest BCUT2D eigenvalue weighted by atomic mass is 10.00. The molecule has 1 heterocycles. The molecular formula is C25H28ClN3O5. The van der Waals surface area contributed by atoms with Crippen LogP contribution in [0.2, 0.25) is 5.02 Å². The SMILES string of the molecule is C[C@H](N[C@@H](Cc1ccc(-c2cccc(Cl)c2)cc1)C(=O)Nc1cc(O)no1)C(=O)OC(C)(C)C. The Kier molecular flexibility index (Phi) is 7.96. The number of ether oxygens (including phenoxy) is 1. The van der Waals surface area contributed by atoms with Gasteiger partial charge in [0.25, 0.3) is 5.88 Å². The van der Waals surface area contributed by atoms with Gasteiger partial charge in [0.15, 0.2) is 0 Å². The standard InChI is InChI=1S/C25H28ClN3O5/c1-15(24(32)33-25(2,3)4)27-20(23(31)28-22-14-21(30)29-34-22)12-16-8-10-17(11-9-16)18-6-5-7-19(26)13-18/h5-11,13-15,20,27H,12H2,1-4H3,(H,28,31)(H,29,30)/t15-,20-/m0/s1. The average molecular weight is 486 g/mol. The zero-order valence-electron chi connectivity index (χ0n) is 19.5. The molecule has 0 radical (unpaired) electrons.